The zero-order chi connectivity index (χ0) is 20.6. The third-order valence-corrected chi connectivity index (χ3v) is 7.70. The highest BCUT2D eigenvalue weighted by molar-refractivity contribution is 7.89. The number of fused-ring (bicyclic) bond motifs is 1. The molecule has 0 unspecified atom stereocenters. The van der Waals surface area contributed by atoms with Crippen molar-refractivity contribution in [2.45, 2.75) is 24.2 Å². The van der Waals surface area contributed by atoms with Crippen LogP contribution in [0, 0.1) is 5.92 Å². The first-order valence-corrected chi connectivity index (χ1v) is 11.3. The van der Waals surface area contributed by atoms with E-state index in [0.717, 1.165) is 0 Å². The molecule has 2 aromatic rings. The van der Waals surface area contributed by atoms with Crippen molar-refractivity contribution < 1.29 is 22.4 Å². The first-order valence-electron chi connectivity index (χ1n) is 9.81. The Labute approximate surface area is 168 Å². The van der Waals surface area contributed by atoms with Crippen molar-refractivity contribution in [3.05, 3.63) is 28.7 Å². The van der Waals surface area contributed by atoms with Gasteiger partial charge in [-0.1, -0.05) is 0 Å². The summed E-state index contributed by atoms with van der Waals surface area (Å²) in [5, 5.41) is 0. The van der Waals surface area contributed by atoms with Crippen LogP contribution in [0.4, 0.5) is 0 Å². The van der Waals surface area contributed by atoms with Gasteiger partial charge in [0.2, 0.25) is 15.9 Å². The van der Waals surface area contributed by atoms with Crippen molar-refractivity contribution >= 4 is 27.0 Å². The molecule has 29 heavy (non-hydrogen) atoms. The van der Waals surface area contributed by atoms with Crippen LogP contribution >= 0.6 is 0 Å². The monoisotopic (exact) mass is 423 g/mol. The molecule has 0 radical (unpaired) electrons. The van der Waals surface area contributed by atoms with Gasteiger partial charge < -0.3 is 14.1 Å². The van der Waals surface area contributed by atoms with E-state index in [4.69, 9.17) is 9.15 Å². The molecule has 0 spiro atoms. The third kappa shape index (κ3) is 3.96. The number of aryl methyl sites for hydroxylation is 1. The van der Waals surface area contributed by atoms with Crippen LogP contribution in [-0.2, 0) is 26.6 Å². The fraction of sp³-hybridized carbons (Fsp3) is 0.579. The molecule has 0 N–H and O–H groups in total. The summed E-state index contributed by atoms with van der Waals surface area (Å²) in [5.74, 6) is -0.217. The fourth-order valence-corrected chi connectivity index (χ4v) is 5.45. The van der Waals surface area contributed by atoms with Gasteiger partial charge in [0.15, 0.2) is 5.58 Å². The SMILES string of the molecule is Cn1c(=O)oc2cc(S(=O)(=O)N3CCC(CC(=O)N4CCOCC4)CC3)ccc21. The Morgan fingerprint density at radius 1 is 1.14 bits per heavy atom. The standard InChI is InChI=1S/C19H25N3O6S/c1-20-16-3-2-15(13-17(16)28-19(20)24)29(25,26)22-6-4-14(5-7-22)12-18(23)21-8-10-27-11-9-21/h2-3,13-14H,4-12H2,1H3. The lowest BCUT2D eigenvalue weighted by atomic mass is 9.94. The van der Waals surface area contributed by atoms with Crippen LogP contribution in [0.5, 0.6) is 0 Å². The molecule has 3 heterocycles. The number of amides is 1. The number of morpholine rings is 1. The second-order valence-corrected chi connectivity index (χ2v) is 9.54. The van der Waals surface area contributed by atoms with Crippen molar-refractivity contribution in [1.82, 2.24) is 13.8 Å². The number of hydrogen-bond acceptors (Lipinski definition) is 6. The van der Waals surface area contributed by atoms with E-state index in [1.165, 1.54) is 21.0 Å². The van der Waals surface area contributed by atoms with Gasteiger partial charge in [0, 0.05) is 45.7 Å². The summed E-state index contributed by atoms with van der Waals surface area (Å²) >= 11 is 0. The second-order valence-electron chi connectivity index (χ2n) is 7.60. The number of aromatic nitrogens is 1. The van der Waals surface area contributed by atoms with Gasteiger partial charge in [-0.25, -0.2) is 13.2 Å². The number of ether oxygens (including phenoxy) is 1. The minimum absolute atomic E-state index is 0.113. The molecule has 0 atom stereocenters. The van der Waals surface area contributed by atoms with E-state index in [0.29, 0.717) is 64.2 Å². The number of sulfonamides is 1. The normalized spacial score (nSPS) is 19.7. The van der Waals surface area contributed by atoms with Gasteiger partial charge in [-0.2, -0.15) is 4.31 Å². The maximum atomic E-state index is 13.0. The van der Waals surface area contributed by atoms with E-state index in [9.17, 15) is 18.0 Å². The molecule has 0 aliphatic carbocycles. The summed E-state index contributed by atoms with van der Waals surface area (Å²) in [6, 6.07) is 4.49. The molecule has 10 heteroatoms. The van der Waals surface area contributed by atoms with E-state index in [-0.39, 0.29) is 22.3 Å². The molecule has 4 rings (SSSR count). The number of carbonyl (C=O) groups excluding carboxylic acids is 1. The summed E-state index contributed by atoms with van der Waals surface area (Å²) in [5.41, 5.74) is 0.804. The average molecular weight is 423 g/mol. The highest BCUT2D eigenvalue weighted by Gasteiger charge is 2.31. The molecule has 2 saturated heterocycles. The van der Waals surface area contributed by atoms with Crippen LogP contribution in [0.2, 0.25) is 0 Å². The predicted octanol–water partition coefficient (Wildman–Crippen LogP) is 0.781. The number of rotatable bonds is 4. The van der Waals surface area contributed by atoms with E-state index >= 15 is 0 Å². The Morgan fingerprint density at radius 2 is 1.83 bits per heavy atom. The zero-order valence-electron chi connectivity index (χ0n) is 16.4. The minimum Gasteiger partial charge on any atom is -0.408 e. The van der Waals surface area contributed by atoms with Crippen molar-refractivity contribution in [2.24, 2.45) is 13.0 Å². The van der Waals surface area contributed by atoms with Gasteiger partial charge >= 0.3 is 5.76 Å². The molecule has 2 aliphatic rings. The predicted molar refractivity (Wildman–Crippen MR) is 105 cm³/mol. The lowest BCUT2D eigenvalue weighted by Crippen LogP contribution is -2.43. The Balaban J connectivity index is 1.41. The summed E-state index contributed by atoms with van der Waals surface area (Å²) in [6.07, 6.45) is 1.75. The minimum atomic E-state index is -3.68. The van der Waals surface area contributed by atoms with Crippen LogP contribution in [-0.4, -0.2) is 67.5 Å². The Kier molecular flexibility index (Phi) is 5.50. The van der Waals surface area contributed by atoms with Crippen LogP contribution in [0.3, 0.4) is 0 Å². The van der Waals surface area contributed by atoms with Crippen molar-refractivity contribution in [3.63, 3.8) is 0 Å². The van der Waals surface area contributed by atoms with Crippen LogP contribution in [0.15, 0.2) is 32.3 Å². The summed E-state index contributed by atoms with van der Waals surface area (Å²) < 4.78 is 39.2. The van der Waals surface area contributed by atoms with Gasteiger partial charge in [0.25, 0.3) is 0 Å². The average Bonchev–Trinajstić information content (AvgIpc) is 3.02. The topological polar surface area (TPSA) is 102 Å². The number of hydrogen-bond donors (Lipinski definition) is 0. The number of oxazole rings is 1. The molecule has 2 aliphatic heterocycles. The van der Waals surface area contributed by atoms with E-state index in [1.54, 1.807) is 13.1 Å². The first kappa shape index (κ1) is 20.1. The summed E-state index contributed by atoms with van der Waals surface area (Å²) in [7, 11) is -2.10. The van der Waals surface area contributed by atoms with Crippen LogP contribution in [0.25, 0.3) is 11.1 Å². The summed E-state index contributed by atoms with van der Waals surface area (Å²) in [4.78, 5) is 26.0. The Morgan fingerprint density at radius 3 is 2.52 bits per heavy atom. The second kappa shape index (κ2) is 7.92. The zero-order valence-corrected chi connectivity index (χ0v) is 17.2. The maximum absolute atomic E-state index is 13.0. The molecule has 1 amide bonds. The van der Waals surface area contributed by atoms with Gasteiger partial charge in [-0.15, -0.1) is 0 Å². The molecular formula is C19H25N3O6S. The highest BCUT2D eigenvalue weighted by atomic mass is 32.2. The quantitative estimate of drug-likeness (QED) is 0.720. The van der Waals surface area contributed by atoms with Crippen LogP contribution < -0.4 is 5.76 Å². The molecule has 0 bridgehead atoms. The number of piperidine rings is 1. The van der Waals surface area contributed by atoms with E-state index in [1.807, 2.05) is 4.90 Å². The number of nitrogens with zero attached hydrogens (tertiary/aromatic N) is 3. The lowest BCUT2D eigenvalue weighted by Gasteiger charge is -2.33. The fourth-order valence-electron chi connectivity index (χ4n) is 3.97. The smallest absolute Gasteiger partial charge is 0.408 e. The molecule has 1 aromatic carbocycles. The molecule has 9 nitrogen and oxygen atoms in total. The Bertz CT molecular complexity index is 1060. The largest absolute Gasteiger partial charge is 0.419 e. The lowest BCUT2D eigenvalue weighted by molar-refractivity contribution is -0.136. The van der Waals surface area contributed by atoms with Crippen molar-refractivity contribution in [1.29, 1.82) is 0 Å². The maximum Gasteiger partial charge on any atom is 0.419 e. The highest BCUT2D eigenvalue weighted by Crippen LogP contribution is 2.27. The molecule has 158 valence electrons. The van der Waals surface area contributed by atoms with Gasteiger partial charge in [0.1, 0.15) is 0 Å². The van der Waals surface area contributed by atoms with Gasteiger partial charge in [-0.3, -0.25) is 9.36 Å². The van der Waals surface area contributed by atoms with Gasteiger partial charge in [0.05, 0.1) is 23.6 Å². The summed E-state index contributed by atoms with van der Waals surface area (Å²) in [6.45, 7) is 3.16. The van der Waals surface area contributed by atoms with Crippen molar-refractivity contribution in [2.75, 3.05) is 39.4 Å². The Hall–Kier alpha value is -2.17. The molecular weight excluding hydrogens is 398 g/mol. The van der Waals surface area contributed by atoms with E-state index in [2.05, 4.69) is 0 Å². The molecule has 1 aromatic heterocycles. The number of benzene rings is 1. The molecule has 2 fully saturated rings. The first-order chi connectivity index (χ1) is 13.9. The van der Waals surface area contributed by atoms with Gasteiger partial charge in [-0.05, 0) is 30.9 Å². The van der Waals surface area contributed by atoms with Crippen LogP contribution in [0.1, 0.15) is 19.3 Å². The third-order valence-electron chi connectivity index (χ3n) is 5.80. The number of carbonyl (C=O) groups is 1. The van der Waals surface area contributed by atoms with E-state index < -0.39 is 15.8 Å². The molecule has 0 saturated carbocycles. The van der Waals surface area contributed by atoms with Crippen molar-refractivity contribution in [3.8, 4) is 0 Å².